The summed E-state index contributed by atoms with van der Waals surface area (Å²) in [5.41, 5.74) is 2.57. The van der Waals surface area contributed by atoms with E-state index in [-0.39, 0.29) is 6.04 Å². The Morgan fingerprint density at radius 3 is 2.25 bits per heavy atom. The van der Waals surface area contributed by atoms with Crippen molar-refractivity contribution in [2.24, 2.45) is 5.92 Å². The Bertz CT molecular complexity index is 926. The number of sulfonamides is 1. The predicted molar refractivity (Wildman–Crippen MR) is 129 cm³/mol. The van der Waals surface area contributed by atoms with Gasteiger partial charge in [-0.2, -0.15) is 4.31 Å². The Morgan fingerprint density at radius 2 is 1.59 bits per heavy atom. The highest BCUT2D eigenvalue weighted by atomic mass is 32.2. The molecule has 0 amide bonds. The number of nitrogens with one attached hydrogen (secondary N) is 1. The number of ether oxygens (including phenoxy) is 1. The van der Waals surface area contributed by atoms with Crippen LogP contribution in [0, 0.1) is 12.8 Å². The van der Waals surface area contributed by atoms with Crippen LogP contribution < -0.4 is 5.32 Å². The van der Waals surface area contributed by atoms with Crippen LogP contribution in [-0.4, -0.2) is 69.6 Å². The monoisotopic (exact) mass is 459 g/mol. The molecule has 1 atom stereocenters. The molecule has 1 aliphatic rings. The van der Waals surface area contributed by atoms with Gasteiger partial charge in [0.2, 0.25) is 10.0 Å². The van der Waals surface area contributed by atoms with Crippen molar-refractivity contribution < 1.29 is 13.2 Å². The summed E-state index contributed by atoms with van der Waals surface area (Å²) in [5, 5.41) is 3.67. The summed E-state index contributed by atoms with van der Waals surface area (Å²) in [7, 11) is -3.42. The van der Waals surface area contributed by atoms with Gasteiger partial charge in [-0.05, 0) is 36.1 Å². The van der Waals surface area contributed by atoms with Crippen molar-refractivity contribution in [1.82, 2.24) is 14.5 Å². The number of piperazine rings is 1. The summed E-state index contributed by atoms with van der Waals surface area (Å²) in [6.45, 7) is 11.9. The van der Waals surface area contributed by atoms with Gasteiger partial charge in [0.15, 0.2) is 0 Å². The molecule has 0 radical (unpaired) electrons. The van der Waals surface area contributed by atoms with Gasteiger partial charge in [-0.1, -0.05) is 56.3 Å². The maximum Gasteiger partial charge on any atom is 0.243 e. The Morgan fingerprint density at radius 1 is 0.938 bits per heavy atom. The number of benzene rings is 2. The van der Waals surface area contributed by atoms with Crippen molar-refractivity contribution in [2.75, 3.05) is 45.9 Å². The van der Waals surface area contributed by atoms with E-state index in [2.05, 4.69) is 55.3 Å². The van der Waals surface area contributed by atoms with Gasteiger partial charge in [0, 0.05) is 51.9 Å². The first-order chi connectivity index (χ1) is 15.4. The standard InChI is InChI=1S/C25H37N3O3S/c1-21(2)19-31-20-24(26-17-23-10-8-7-9-22(23)3)18-27-13-15-28(16-14-27)32(29,30)25-11-5-4-6-12-25/h4-12,21,24,26H,13-20H2,1-3H3. The van der Waals surface area contributed by atoms with Crippen molar-refractivity contribution in [3.8, 4) is 0 Å². The Kier molecular flexibility index (Phi) is 9.25. The van der Waals surface area contributed by atoms with Crippen LogP contribution in [0.4, 0.5) is 0 Å². The Labute approximate surface area is 193 Å². The highest BCUT2D eigenvalue weighted by molar-refractivity contribution is 7.89. The van der Waals surface area contributed by atoms with Crippen LogP contribution in [0.2, 0.25) is 0 Å². The van der Waals surface area contributed by atoms with Gasteiger partial charge in [-0.15, -0.1) is 0 Å². The van der Waals surface area contributed by atoms with Crippen LogP contribution >= 0.6 is 0 Å². The second-order valence-electron chi connectivity index (χ2n) is 8.95. The van der Waals surface area contributed by atoms with E-state index in [0.29, 0.717) is 30.5 Å². The van der Waals surface area contributed by atoms with Crippen molar-refractivity contribution in [1.29, 1.82) is 0 Å². The molecule has 2 aromatic rings. The second kappa shape index (κ2) is 11.9. The number of hydrogen-bond donors (Lipinski definition) is 1. The minimum Gasteiger partial charge on any atom is -0.380 e. The summed E-state index contributed by atoms with van der Waals surface area (Å²) >= 11 is 0. The average Bonchev–Trinajstić information content (AvgIpc) is 2.79. The van der Waals surface area contributed by atoms with E-state index in [1.54, 1.807) is 28.6 Å². The van der Waals surface area contributed by atoms with E-state index in [9.17, 15) is 8.42 Å². The summed E-state index contributed by atoms with van der Waals surface area (Å²) in [4.78, 5) is 2.71. The molecule has 0 aromatic heterocycles. The second-order valence-corrected chi connectivity index (χ2v) is 10.9. The van der Waals surface area contributed by atoms with Gasteiger partial charge in [-0.25, -0.2) is 8.42 Å². The highest BCUT2D eigenvalue weighted by Gasteiger charge is 2.29. The zero-order chi connectivity index (χ0) is 23.0. The lowest BCUT2D eigenvalue weighted by Gasteiger charge is -2.36. The fourth-order valence-corrected chi connectivity index (χ4v) is 5.33. The summed E-state index contributed by atoms with van der Waals surface area (Å²) in [6, 6.07) is 17.3. The van der Waals surface area contributed by atoms with E-state index in [0.717, 1.165) is 32.8 Å². The van der Waals surface area contributed by atoms with E-state index in [1.165, 1.54) is 11.1 Å². The number of nitrogens with zero attached hydrogens (tertiary/aromatic N) is 2. The largest absolute Gasteiger partial charge is 0.380 e. The molecule has 1 unspecified atom stereocenters. The van der Waals surface area contributed by atoms with Gasteiger partial charge in [0.05, 0.1) is 11.5 Å². The molecule has 2 aromatic carbocycles. The molecule has 0 bridgehead atoms. The van der Waals surface area contributed by atoms with Crippen molar-refractivity contribution in [3.63, 3.8) is 0 Å². The molecule has 1 heterocycles. The minimum atomic E-state index is -3.42. The molecule has 0 spiro atoms. The van der Waals surface area contributed by atoms with Crippen molar-refractivity contribution in [2.45, 2.75) is 38.3 Å². The Hall–Kier alpha value is -1.77. The predicted octanol–water partition coefficient (Wildman–Crippen LogP) is 3.13. The minimum absolute atomic E-state index is 0.186. The SMILES string of the molecule is Cc1ccccc1CNC(COCC(C)C)CN1CCN(S(=O)(=O)c2ccccc2)CC1. The zero-order valence-electron chi connectivity index (χ0n) is 19.5. The average molecular weight is 460 g/mol. The molecular formula is C25H37N3O3S. The summed E-state index contributed by atoms with van der Waals surface area (Å²) in [5.74, 6) is 0.499. The smallest absolute Gasteiger partial charge is 0.243 e. The summed E-state index contributed by atoms with van der Waals surface area (Å²) in [6.07, 6.45) is 0. The lowest BCUT2D eigenvalue weighted by Crippen LogP contribution is -2.52. The number of rotatable bonds is 11. The van der Waals surface area contributed by atoms with Crippen LogP contribution in [0.5, 0.6) is 0 Å². The first-order valence-electron chi connectivity index (χ1n) is 11.5. The molecule has 1 aliphatic heterocycles. The fourth-order valence-electron chi connectivity index (χ4n) is 3.89. The van der Waals surface area contributed by atoms with Gasteiger partial charge in [0.25, 0.3) is 0 Å². The van der Waals surface area contributed by atoms with Crippen LogP contribution in [0.1, 0.15) is 25.0 Å². The van der Waals surface area contributed by atoms with Crippen molar-refractivity contribution in [3.05, 3.63) is 65.7 Å². The fraction of sp³-hybridized carbons (Fsp3) is 0.520. The van der Waals surface area contributed by atoms with E-state index in [1.807, 2.05) is 6.07 Å². The summed E-state index contributed by atoms with van der Waals surface area (Å²) < 4.78 is 33.3. The van der Waals surface area contributed by atoms with Crippen LogP contribution in [0.15, 0.2) is 59.5 Å². The third-order valence-corrected chi connectivity index (χ3v) is 7.72. The van der Waals surface area contributed by atoms with E-state index in [4.69, 9.17) is 4.74 Å². The zero-order valence-corrected chi connectivity index (χ0v) is 20.4. The molecule has 1 N–H and O–H groups in total. The molecule has 0 aliphatic carbocycles. The van der Waals surface area contributed by atoms with Gasteiger partial charge >= 0.3 is 0 Å². The number of hydrogen-bond acceptors (Lipinski definition) is 5. The van der Waals surface area contributed by atoms with Gasteiger partial charge < -0.3 is 10.1 Å². The highest BCUT2D eigenvalue weighted by Crippen LogP contribution is 2.17. The molecule has 6 nitrogen and oxygen atoms in total. The first-order valence-corrected chi connectivity index (χ1v) is 12.9. The normalized spacial score (nSPS) is 17.0. The van der Waals surface area contributed by atoms with E-state index < -0.39 is 10.0 Å². The van der Waals surface area contributed by atoms with Gasteiger partial charge in [-0.3, -0.25) is 4.90 Å². The lowest BCUT2D eigenvalue weighted by molar-refractivity contribution is 0.0721. The lowest BCUT2D eigenvalue weighted by atomic mass is 10.1. The van der Waals surface area contributed by atoms with E-state index >= 15 is 0 Å². The molecule has 176 valence electrons. The molecule has 3 rings (SSSR count). The first kappa shape index (κ1) is 24.9. The maximum atomic E-state index is 12.9. The molecule has 0 saturated carbocycles. The Balaban J connectivity index is 1.55. The molecule has 32 heavy (non-hydrogen) atoms. The number of aryl methyl sites for hydroxylation is 1. The van der Waals surface area contributed by atoms with Crippen molar-refractivity contribution >= 4 is 10.0 Å². The topological polar surface area (TPSA) is 61.9 Å². The van der Waals surface area contributed by atoms with Crippen LogP contribution in [0.25, 0.3) is 0 Å². The van der Waals surface area contributed by atoms with Crippen LogP contribution in [-0.2, 0) is 21.3 Å². The third kappa shape index (κ3) is 7.12. The molecule has 7 heteroatoms. The molecular weight excluding hydrogens is 422 g/mol. The molecule has 1 fully saturated rings. The third-order valence-electron chi connectivity index (χ3n) is 5.80. The van der Waals surface area contributed by atoms with Crippen LogP contribution in [0.3, 0.4) is 0 Å². The quantitative estimate of drug-likeness (QED) is 0.559. The van der Waals surface area contributed by atoms with Gasteiger partial charge in [0.1, 0.15) is 0 Å². The maximum absolute atomic E-state index is 12.9. The molecule has 1 saturated heterocycles.